The zero-order valence-electron chi connectivity index (χ0n) is 18.3. The van der Waals surface area contributed by atoms with Crippen molar-refractivity contribution in [2.75, 3.05) is 26.7 Å². The minimum atomic E-state index is -3.79. The van der Waals surface area contributed by atoms with Crippen molar-refractivity contribution in [3.05, 3.63) is 54.1 Å². The summed E-state index contributed by atoms with van der Waals surface area (Å²) in [6.07, 6.45) is 5.18. The Morgan fingerprint density at radius 3 is 1.88 bits per heavy atom. The van der Waals surface area contributed by atoms with E-state index in [1.165, 1.54) is 28.6 Å². The van der Waals surface area contributed by atoms with Crippen LogP contribution in [0.1, 0.15) is 50.1 Å². The van der Waals surface area contributed by atoms with E-state index in [4.69, 9.17) is 4.74 Å². The average Bonchev–Trinajstić information content (AvgIpc) is 3.25. The van der Waals surface area contributed by atoms with E-state index in [1.54, 1.807) is 11.4 Å². The van der Waals surface area contributed by atoms with E-state index >= 15 is 0 Å². The van der Waals surface area contributed by atoms with Gasteiger partial charge >= 0.3 is 0 Å². The molecule has 0 bridgehead atoms. The van der Waals surface area contributed by atoms with Gasteiger partial charge in [0, 0.05) is 19.6 Å². The molecule has 1 unspecified atom stereocenters. The summed E-state index contributed by atoms with van der Waals surface area (Å²) in [5.41, 5.74) is 0.935. The first kappa shape index (κ1) is 23.2. The molecule has 0 saturated carbocycles. The fourth-order valence-electron chi connectivity index (χ4n) is 4.53. The lowest BCUT2D eigenvalue weighted by Gasteiger charge is -2.29. The van der Waals surface area contributed by atoms with Crippen LogP contribution in [0, 0.1) is 0 Å². The SMILES string of the molecule is COc1ccc(C2CCCCCN2S(=O)(=O)c2ccc(S(=O)(=O)N3CCCC3)cc2)cc1. The fraction of sp³-hybridized carbons (Fsp3) is 0.478. The van der Waals surface area contributed by atoms with Gasteiger partial charge in [0.25, 0.3) is 0 Å². The lowest BCUT2D eigenvalue weighted by atomic mass is 10.0. The maximum atomic E-state index is 13.6. The zero-order valence-corrected chi connectivity index (χ0v) is 19.9. The molecule has 0 amide bonds. The van der Waals surface area contributed by atoms with E-state index in [0.717, 1.165) is 49.8 Å². The van der Waals surface area contributed by atoms with Crippen LogP contribution in [0.5, 0.6) is 5.75 Å². The number of sulfonamides is 2. The first-order chi connectivity index (χ1) is 15.3. The van der Waals surface area contributed by atoms with Crippen LogP contribution in [0.3, 0.4) is 0 Å². The molecule has 2 aliphatic rings. The van der Waals surface area contributed by atoms with Crippen molar-refractivity contribution in [3.8, 4) is 5.75 Å². The summed E-state index contributed by atoms with van der Waals surface area (Å²) in [5.74, 6) is 0.728. The molecule has 174 valence electrons. The van der Waals surface area contributed by atoms with Gasteiger partial charge in [-0.25, -0.2) is 16.8 Å². The highest BCUT2D eigenvalue weighted by molar-refractivity contribution is 7.89. The summed E-state index contributed by atoms with van der Waals surface area (Å²) in [6, 6.07) is 13.0. The van der Waals surface area contributed by atoms with Crippen molar-refractivity contribution in [2.45, 2.75) is 54.4 Å². The fourth-order valence-corrected chi connectivity index (χ4v) is 7.72. The molecule has 32 heavy (non-hydrogen) atoms. The van der Waals surface area contributed by atoms with Crippen molar-refractivity contribution in [2.24, 2.45) is 0 Å². The molecule has 0 aliphatic carbocycles. The summed E-state index contributed by atoms with van der Waals surface area (Å²) >= 11 is 0. The second kappa shape index (κ2) is 9.51. The van der Waals surface area contributed by atoms with Crippen LogP contribution in [0.15, 0.2) is 58.3 Å². The lowest BCUT2D eigenvalue weighted by Crippen LogP contribution is -2.35. The van der Waals surface area contributed by atoms with Crippen LogP contribution in [-0.4, -0.2) is 52.2 Å². The Morgan fingerprint density at radius 1 is 0.719 bits per heavy atom. The molecule has 2 aliphatic heterocycles. The lowest BCUT2D eigenvalue weighted by molar-refractivity contribution is 0.328. The maximum absolute atomic E-state index is 13.6. The summed E-state index contributed by atoms with van der Waals surface area (Å²) in [4.78, 5) is 0.263. The molecule has 2 fully saturated rings. The Hall–Kier alpha value is -1.94. The van der Waals surface area contributed by atoms with Crippen LogP contribution in [0.25, 0.3) is 0 Å². The third-order valence-corrected chi connectivity index (χ3v) is 10.2. The second-order valence-electron chi connectivity index (χ2n) is 8.34. The molecule has 0 spiro atoms. The Kier molecular flexibility index (Phi) is 6.90. The Bertz CT molecular complexity index is 1120. The maximum Gasteiger partial charge on any atom is 0.243 e. The van der Waals surface area contributed by atoms with Crippen LogP contribution in [0.2, 0.25) is 0 Å². The van der Waals surface area contributed by atoms with Gasteiger partial charge in [-0.3, -0.25) is 0 Å². The topological polar surface area (TPSA) is 84.0 Å². The van der Waals surface area contributed by atoms with E-state index in [0.29, 0.717) is 19.6 Å². The molecule has 2 heterocycles. The third kappa shape index (κ3) is 4.57. The normalized spacial score (nSPS) is 21.3. The number of hydrogen-bond donors (Lipinski definition) is 0. The van der Waals surface area contributed by atoms with Crippen LogP contribution in [-0.2, 0) is 20.0 Å². The van der Waals surface area contributed by atoms with Gasteiger partial charge < -0.3 is 4.74 Å². The largest absolute Gasteiger partial charge is 0.497 e. The molecule has 7 nitrogen and oxygen atoms in total. The molecule has 9 heteroatoms. The van der Waals surface area contributed by atoms with Crippen molar-refractivity contribution in [1.82, 2.24) is 8.61 Å². The van der Waals surface area contributed by atoms with Gasteiger partial charge in [0.15, 0.2) is 0 Å². The zero-order chi connectivity index (χ0) is 22.8. The van der Waals surface area contributed by atoms with Crippen LogP contribution < -0.4 is 4.74 Å². The molecule has 2 aromatic carbocycles. The number of ether oxygens (including phenoxy) is 1. The number of rotatable bonds is 6. The minimum Gasteiger partial charge on any atom is -0.497 e. The van der Waals surface area contributed by atoms with Crippen molar-refractivity contribution >= 4 is 20.0 Å². The van der Waals surface area contributed by atoms with Crippen molar-refractivity contribution in [3.63, 3.8) is 0 Å². The van der Waals surface area contributed by atoms with Gasteiger partial charge in [-0.05, 0) is 67.6 Å². The van der Waals surface area contributed by atoms with E-state index in [-0.39, 0.29) is 15.8 Å². The highest BCUT2D eigenvalue weighted by atomic mass is 32.2. The first-order valence-electron chi connectivity index (χ1n) is 11.1. The molecule has 0 radical (unpaired) electrons. The minimum absolute atomic E-state index is 0.123. The van der Waals surface area contributed by atoms with Crippen molar-refractivity contribution < 1.29 is 21.6 Å². The molecule has 1 atom stereocenters. The standard InChI is InChI=1S/C23H30N2O5S2/c1-30-20-10-8-19(9-11-20)23-7-3-2-4-18-25(23)32(28,29)22-14-12-21(13-15-22)31(26,27)24-16-5-6-17-24/h8-15,23H,2-7,16-18H2,1H3. The molecular formula is C23H30N2O5S2. The predicted octanol–water partition coefficient (Wildman–Crippen LogP) is 3.79. The van der Waals surface area contributed by atoms with E-state index in [1.807, 2.05) is 24.3 Å². The Morgan fingerprint density at radius 2 is 1.28 bits per heavy atom. The van der Waals surface area contributed by atoms with Gasteiger partial charge in [-0.15, -0.1) is 0 Å². The monoisotopic (exact) mass is 478 g/mol. The molecular weight excluding hydrogens is 448 g/mol. The molecule has 2 aromatic rings. The van der Waals surface area contributed by atoms with E-state index in [2.05, 4.69) is 0 Å². The molecule has 2 saturated heterocycles. The summed E-state index contributed by atoms with van der Waals surface area (Å²) in [5, 5.41) is 0. The van der Waals surface area contributed by atoms with Gasteiger partial charge in [0.05, 0.1) is 22.9 Å². The average molecular weight is 479 g/mol. The Labute approximate surface area is 191 Å². The smallest absolute Gasteiger partial charge is 0.243 e. The number of nitrogens with zero attached hydrogens (tertiary/aromatic N) is 2. The van der Waals surface area contributed by atoms with Crippen molar-refractivity contribution in [1.29, 1.82) is 0 Å². The summed E-state index contributed by atoms with van der Waals surface area (Å²) in [7, 11) is -5.76. The highest BCUT2D eigenvalue weighted by Gasteiger charge is 2.34. The number of benzene rings is 2. The predicted molar refractivity (Wildman–Crippen MR) is 123 cm³/mol. The van der Waals surface area contributed by atoms with E-state index in [9.17, 15) is 16.8 Å². The van der Waals surface area contributed by atoms with Crippen LogP contribution in [0.4, 0.5) is 0 Å². The summed E-state index contributed by atoms with van der Waals surface area (Å²) < 4.78 is 61.1. The number of hydrogen-bond acceptors (Lipinski definition) is 5. The Balaban J connectivity index is 1.63. The summed E-state index contributed by atoms with van der Waals surface area (Å²) in [6.45, 7) is 1.46. The van der Waals surface area contributed by atoms with Gasteiger partial charge in [-0.1, -0.05) is 25.0 Å². The van der Waals surface area contributed by atoms with Gasteiger partial charge in [-0.2, -0.15) is 8.61 Å². The highest BCUT2D eigenvalue weighted by Crippen LogP contribution is 2.35. The van der Waals surface area contributed by atoms with E-state index < -0.39 is 20.0 Å². The first-order valence-corrected chi connectivity index (χ1v) is 14.0. The molecule has 0 N–H and O–H groups in total. The molecule has 4 rings (SSSR count). The quantitative estimate of drug-likeness (QED) is 0.631. The molecule has 0 aromatic heterocycles. The van der Waals surface area contributed by atoms with Crippen LogP contribution >= 0.6 is 0 Å². The van der Waals surface area contributed by atoms with Gasteiger partial charge in [0.1, 0.15) is 5.75 Å². The third-order valence-electron chi connectivity index (χ3n) is 6.34. The second-order valence-corrected chi connectivity index (χ2v) is 12.2. The van der Waals surface area contributed by atoms with Gasteiger partial charge in [0.2, 0.25) is 20.0 Å². The number of methoxy groups -OCH3 is 1.